The van der Waals surface area contributed by atoms with E-state index in [9.17, 15) is 14.0 Å². The van der Waals surface area contributed by atoms with Crippen molar-refractivity contribution < 1.29 is 28.2 Å². The van der Waals surface area contributed by atoms with Gasteiger partial charge >= 0.3 is 0 Å². The third-order valence-electron chi connectivity index (χ3n) is 5.30. The van der Waals surface area contributed by atoms with E-state index in [1.165, 1.54) is 24.3 Å². The molecule has 3 rings (SSSR count). The van der Waals surface area contributed by atoms with Crippen LogP contribution in [0.2, 0.25) is 0 Å². The van der Waals surface area contributed by atoms with E-state index >= 15 is 0 Å². The van der Waals surface area contributed by atoms with Gasteiger partial charge in [-0.05, 0) is 37.1 Å². The molecule has 2 aliphatic rings. The number of carbonyl (C=O) groups is 2. The first-order chi connectivity index (χ1) is 13.5. The molecule has 0 aromatic heterocycles. The number of carbonyl (C=O) groups excluding carboxylic acids is 2. The van der Waals surface area contributed by atoms with E-state index in [4.69, 9.17) is 14.2 Å². The molecule has 1 aromatic carbocycles. The number of ether oxygens (including phenoxy) is 3. The standard InChI is InChI=1S/C20H27FN2O5/c1-26-11-2-9-23-18(24)7-10-22(14-20(23)8-12-27-15-20)19(25)13-28-17-5-3-16(21)4-6-17/h3-6H,2,7-15H2,1H3. The zero-order chi connectivity index (χ0) is 20.0. The average molecular weight is 394 g/mol. The van der Waals surface area contributed by atoms with Crippen LogP contribution in [0.5, 0.6) is 5.75 Å². The molecule has 0 bridgehead atoms. The molecule has 2 aliphatic heterocycles. The van der Waals surface area contributed by atoms with Gasteiger partial charge in [0.05, 0.1) is 12.1 Å². The number of hydrogen-bond donors (Lipinski definition) is 0. The van der Waals surface area contributed by atoms with Crippen LogP contribution in [0.15, 0.2) is 24.3 Å². The van der Waals surface area contributed by atoms with Crippen LogP contribution in [0, 0.1) is 5.82 Å². The van der Waals surface area contributed by atoms with Gasteiger partial charge in [0.2, 0.25) is 5.91 Å². The molecule has 8 heteroatoms. The predicted octanol–water partition coefficient (Wildman–Crippen LogP) is 1.46. The van der Waals surface area contributed by atoms with E-state index in [2.05, 4.69) is 0 Å². The maximum absolute atomic E-state index is 13.0. The first-order valence-corrected chi connectivity index (χ1v) is 9.57. The molecule has 2 saturated heterocycles. The van der Waals surface area contributed by atoms with Crippen LogP contribution in [0.4, 0.5) is 4.39 Å². The number of hydrogen-bond acceptors (Lipinski definition) is 5. The largest absolute Gasteiger partial charge is 0.484 e. The Kier molecular flexibility index (Phi) is 6.85. The van der Waals surface area contributed by atoms with E-state index in [-0.39, 0.29) is 30.7 Å². The summed E-state index contributed by atoms with van der Waals surface area (Å²) in [4.78, 5) is 29.1. The minimum atomic E-state index is -0.493. The summed E-state index contributed by atoms with van der Waals surface area (Å²) in [5, 5.41) is 0. The molecule has 0 radical (unpaired) electrons. The van der Waals surface area contributed by atoms with Crippen molar-refractivity contribution in [3.8, 4) is 5.75 Å². The Morgan fingerprint density at radius 3 is 2.79 bits per heavy atom. The molecule has 154 valence electrons. The highest BCUT2D eigenvalue weighted by Crippen LogP contribution is 2.31. The maximum Gasteiger partial charge on any atom is 0.260 e. The zero-order valence-electron chi connectivity index (χ0n) is 16.2. The SMILES string of the molecule is COCCCN1C(=O)CCN(C(=O)COc2ccc(F)cc2)CC12CCOC2. The molecule has 28 heavy (non-hydrogen) atoms. The number of halogens is 1. The second-order valence-electron chi connectivity index (χ2n) is 7.23. The predicted molar refractivity (Wildman–Crippen MR) is 99.5 cm³/mol. The van der Waals surface area contributed by atoms with E-state index in [1.807, 2.05) is 4.90 Å². The van der Waals surface area contributed by atoms with Crippen LogP contribution in [-0.2, 0) is 19.1 Å². The first-order valence-electron chi connectivity index (χ1n) is 9.57. The van der Waals surface area contributed by atoms with Crippen LogP contribution in [0.25, 0.3) is 0 Å². The number of amides is 2. The quantitative estimate of drug-likeness (QED) is 0.655. The van der Waals surface area contributed by atoms with Gasteiger partial charge in [-0.2, -0.15) is 0 Å². The lowest BCUT2D eigenvalue weighted by Crippen LogP contribution is -2.57. The molecule has 0 aliphatic carbocycles. The molecule has 2 amide bonds. The average Bonchev–Trinajstić information content (AvgIpc) is 3.11. The lowest BCUT2D eigenvalue weighted by atomic mass is 9.95. The van der Waals surface area contributed by atoms with Gasteiger partial charge in [-0.3, -0.25) is 9.59 Å². The third kappa shape index (κ3) is 4.80. The minimum Gasteiger partial charge on any atom is -0.484 e. The Bertz CT molecular complexity index is 676. The first kappa shape index (κ1) is 20.5. The fraction of sp³-hybridized carbons (Fsp3) is 0.600. The molecule has 2 heterocycles. The van der Waals surface area contributed by atoms with Crippen molar-refractivity contribution in [1.82, 2.24) is 9.80 Å². The molecule has 1 unspecified atom stereocenters. The van der Waals surface area contributed by atoms with Gasteiger partial charge in [-0.25, -0.2) is 4.39 Å². The molecule has 1 atom stereocenters. The Hall–Kier alpha value is -2.19. The van der Waals surface area contributed by atoms with Gasteiger partial charge in [-0.15, -0.1) is 0 Å². The summed E-state index contributed by atoms with van der Waals surface area (Å²) in [7, 11) is 1.64. The van der Waals surface area contributed by atoms with Crippen LogP contribution < -0.4 is 4.74 Å². The Morgan fingerprint density at radius 2 is 2.11 bits per heavy atom. The van der Waals surface area contributed by atoms with E-state index in [0.717, 1.165) is 6.42 Å². The molecular weight excluding hydrogens is 367 g/mol. The van der Waals surface area contributed by atoms with Gasteiger partial charge in [0.1, 0.15) is 11.6 Å². The lowest BCUT2D eigenvalue weighted by molar-refractivity contribution is -0.138. The normalized spacial score (nSPS) is 22.6. The fourth-order valence-corrected chi connectivity index (χ4v) is 3.79. The Morgan fingerprint density at radius 1 is 1.32 bits per heavy atom. The van der Waals surface area contributed by atoms with Crippen molar-refractivity contribution >= 4 is 11.8 Å². The molecule has 7 nitrogen and oxygen atoms in total. The number of benzene rings is 1. The van der Waals surface area contributed by atoms with Crippen LogP contribution in [0.1, 0.15) is 19.3 Å². The van der Waals surface area contributed by atoms with Crippen molar-refractivity contribution in [2.75, 3.05) is 53.2 Å². The highest BCUT2D eigenvalue weighted by atomic mass is 19.1. The molecule has 2 fully saturated rings. The number of nitrogens with zero attached hydrogens (tertiary/aromatic N) is 2. The second-order valence-corrected chi connectivity index (χ2v) is 7.23. The highest BCUT2D eigenvalue weighted by molar-refractivity contribution is 5.82. The van der Waals surface area contributed by atoms with Crippen molar-refractivity contribution in [2.45, 2.75) is 24.8 Å². The summed E-state index contributed by atoms with van der Waals surface area (Å²) in [6.45, 7) is 2.79. The van der Waals surface area contributed by atoms with E-state index in [0.29, 0.717) is 51.6 Å². The smallest absolute Gasteiger partial charge is 0.260 e. The van der Waals surface area contributed by atoms with Crippen LogP contribution in [0.3, 0.4) is 0 Å². The summed E-state index contributed by atoms with van der Waals surface area (Å²) >= 11 is 0. The molecule has 1 spiro atoms. The summed E-state index contributed by atoms with van der Waals surface area (Å²) in [5.41, 5.74) is -0.493. The summed E-state index contributed by atoms with van der Waals surface area (Å²) in [6, 6.07) is 5.54. The lowest BCUT2D eigenvalue weighted by Gasteiger charge is -2.40. The van der Waals surface area contributed by atoms with E-state index in [1.54, 1.807) is 12.0 Å². The van der Waals surface area contributed by atoms with Crippen molar-refractivity contribution in [2.24, 2.45) is 0 Å². The Balaban J connectivity index is 1.66. The summed E-state index contributed by atoms with van der Waals surface area (Å²) in [6.07, 6.45) is 1.72. The second kappa shape index (κ2) is 9.34. The van der Waals surface area contributed by atoms with Gasteiger partial charge in [0.15, 0.2) is 6.61 Å². The fourth-order valence-electron chi connectivity index (χ4n) is 3.79. The van der Waals surface area contributed by atoms with Gasteiger partial charge in [0.25, 0.3) is 5.91 Å². The number of rotatable bonds is 7. The monoisotopic (exact) mass is 394 g/mol. The molecular formula is C20H27FN2O5. The maximum atomic E-state index is 13.0. The highest BCUT2D eigenvalue weighted by Gasteiger charge is 2.46. The van der Waals surface area contributed by atoms with E-state index < -0.39 is 5.54 Å². The third-order valence-corrected chi connectivity index (χ3v) is 5.30. The van der Waals surface area contributed by atoms with Gasteiger partial charge in [-0.1, -0.05) is 0 Å². The summed E-state index contributed by atoms with van der Waals surface area (Å²) < 4.78 is 29.2. The van der Waals surface area contributed by atoms with Crippen molar-refractivity contribution in [3.63, 3.8) is 0 Å². The van der Waals surface area contributed by atoms with Crippen LogP contribution >= 0.6 is 0 Å². The number of methoxy groups -OCH3 is 1. The topological polar surface area (TPSA) is 68.3 Å². The Labute approximate surface area is 164 Å². The van der Waals surface area contributed by atoms with Crippen LogP contribution in [-0.4, -0.2) is 80.3 Å². The molecule has 0 saturated carbocycles. The molecule has 1 aromatic rings. The molecule has 0 N–H and O–H groups in total. The van der Waals surface area contributed by atoms with Crippen molar-refractivity contribution in [1.29, 1.82) is 0 Å². The van der Waals surface area contributed by atoms with Crippen molar-refractivity contribution in [3.05, 3.63) is 30.1 Å². The summed E-state index contributed by atoms with van der Waals surface area (Å²) in [5.74, 6) is -0.0827. The zero-order valence-corrected chi connectivity index (χ0v) is 16.2. The minimum absolute atomic E-state index is 0.0383. The van der Waals surface area contributed by atoms with Gasteiger partial charge < -0.3 is 24.0 Å². The van der Waals surface area contributed by atoms with Gasteiger partial charge in [0, 0.05) is 46.4 Å².